The van der Waals surface area contributed by atoms with Crippen molar-refractivity contribution < 1.29 is 23.9 Å². The van der Waals surface area contributed by atoms with E-state index < -0.39 is 35.2 Å². The molecule has 1 fully saturated rings. The molecule has 4 rings (SSSR count). The van der Waals surface area contributed by atoms with Crippen molar-refractivity contribution in [1.82, 2.24) is 25.1 Å². The first kappa shape index (κ1) is 31.5. The van der Waals surface area contributed by atoms with Gasteiger partial charge in [-0.2, -0.15) is 0 Å². The number of carbonyl (C=O) groups is 4. The average molecular weight is 584 g/mol. The summed E-state index contributed by atoms with van der Waals surface area (Å²) in [5.74, 6) is -1.93. The van der Waals surface area contributed by atoms with E-state index in [9.17, 15) is 19.2 Å². The lowest BCUT2D eigenvalue weighted by Gasteiger charge is -2.27. The third-order valence-electron chi connectivity index (χ3n) is 7.22. The van der Waals surface area contributed by atoms with Crippen molar-refractivity contribution in [2.24, 2.45) is 0 Å². The molecule has 2 atom stereocenters. The number of aryl methyl sites for hydroxylation is 1. The Kier molecular flexibility index (Phi) is 10.4. The van der Waals surface area contributed by atoms with E-state index in [0.717, 1.165) is 29.5 Å². The first-order chi connectivity index (χ1) is 20.5. The van der Waals surface area contributed by atoms with Crippen molar-refractivity contribution >= 4 is 37.2 Å². The zero-order valence-electron chi connectivity index (χ0n) is 24.7. The van der Waals surface area contributed by atoms with Gasteiger partial charge in [-0.05, 0) is 44.7 Å². The number of anilines is 1. The van der Waals surface area contributed by atoms with Crippen LogP contribution in [0.15, 0.2) is 67.1 Å². The Bertz CT molecular complexity index is 1420. The first-order valence-electron chi connectivity index (χ1n) is 14.2. The van der Waals surface area contributed by atoms with Gasteiger partial charge in [-0.1, -0.05) is 60.2 Å². The zero-order chi connectivity index (χ0) is 31.0. The Labute approximate surface area is 252 Å². The summed E-state index contributed by atoms with van der Waals surface area (Å²) in [4.78, 5) is 57.6. The van der Waals surface area contributed by atoms with Crippen LogP contribution in [0.25, 0.3) is 0 Å². The number of carbonyl (C=O) groups excluding carboxylic acids is 4. The fourth-order valence-electron chi connectivity index (χ4n) is 4.81. The number of likely N-dealkylation sites (tertiary alicyclic amines) is 1. The molecule has 224 valence electrons. The van der Waals surface area contributed by atoms with E-state index in [1.165, 1.54) is 20.2 Å². The normalized spacial score (nSPS) is 14.5. The second kappa shape index (κ2) is 14.1. The Morgan fingerprint density at radius 3 is 2.35 bits per heavy atom. The summed E-state index contributed by atoms with van der Waals surface area (Å²) < 4.78 is 7.45. The molecule has 1 aliphatic rings. The molecule has 3 N–H and O–H groups in total. The van der Waals surface area contributed by atoms with Gasteiger partial charge in [0.05, 0.1) is 19.5 Å². The van der Waals surface area contributed by atoms with Gasteiger partial charge in [-0.25, -0.2) is 4.98 Å². The third-order valence-corrected chi connectivity index (χ3v) is 7.22. The van der Waals surface area contributed by atoms with Gasteiger partial charge < -0.3 is 30.2 Å². The fourth-order valence-corrected chi connectivity index (χ4v) is 4.81. The molecule has 1 aromatic heterocycles. The van der Waals surface area contributed by atoms with Gasteiger partial charge in [0.25, 0.3) is 5.91 Å². The van der Waals surface area contributed by atoms with Crippen molar-refractivity contribution in [3.8, 4) is 0 Å². The highest BCUT2D eigenvalue weighted by molar-refractivity contribution is 6.57. The standard InChI is InChI=1S/C31H37BN6O5/c1-21-11-13-23(14-12-21)26(28(40)37-15-7-8-16-37)38-17-25(33-20-38)35-27(39)24(19-43-18-22-9-5-4-6-10-22)34-29(41)31(2,3)36-30(32)42/h4-6,9-14,17,20,24,26H,7-8,15-16,18-19H2,1-3H3,(H,34,41)(H,35,39)(H,36,42)/t24-,26?/m1/s1. The number of amides is 4. The van der Waals surface area contributed by atoms with E-state index in [4.69, 9.17) is 12.6 Å². The van der Waals surface area contributed by atoms with Crippen LogP contribution in [0.1, 0.15) is 49.4 Å². The van der Waals surface area contributed by atoms with Crippen molar-refractivity contribution in [1.29, 1.82) is 0 Å². The van der Waals surface area contributed by atoms with Crippen LogP contribution in [0.4, 0.5) is 10.6 Å². The Hall–Kier alpha value is -4.45. The molecule has 2 heterocycles. The number of aromatic nitrogens is 2. The number of imidazole rings is 1. The van der Waals surface area contributed by atoms with Crippen molar-refractivity contribution in [2.45, 2.75) is 57.8 Å². The SMILES string of the molecule is [B]C(=O)NC(C)(C)C(=O)N[C@H](COCc1ccccc1)C(=O)Nc1cn(C(C(=O)N2CCCC2)c2ccc(C)cc2)cn1. The second-order valence-electron chi connectivity index (χ2n) is 11.2. The summed E-state index contributed by atoms with van der Waals surface area (Å²) in [6, 6.07) is 15.4. The summed E-state index contributed by atoms with van der Waals surface area (Å²) in [6.45, 7) is 6.38. The first-order valence-corrected chi connectivity index (χ1v) is 14.2. The quantitative estimate of drug-likeness (QED) is 0.281. The zero-order valence-corrected chi connectivity index (χ0v) is 24.7. The maximum atomic E-state index is 13.6. The van der Waals surface area contributed by atoms with Crippen molar-refractivity contribution in [2.75, 3.05) is 25.0 Å². The number of benzene rings is 2. The van der Waals surface area contributed by atoms with Crippen LogP contribution in [0.5, 0.6) is 0 Å². The summed E-state index contributed by atoms with van der Waals surface area (Å²) in [5, 5.41) is 7.74. The molecular weight excluding hydrogens is 547 g/mol. The minimum absolute atomic E-state index is 0.0414. The van der Waals surface area contributed by atoms with Crippen LogP contribution in [-0.4, -0.2) is 77.1 Å². The van der Waals surface area contributed by atoms with Gasteiger partial charge in [0, 0.05) is 19.3 Å². The van der Waals surface area contributed by atoms with E-state index in [0.29, 0.717) is 13.1 Å². The number of nitrogens with one attached hydrogen (secondary N) is 3. The number of hydrogen-bond acceptors (Lipinski definition) is 6. The summed E-state index contributed by atoms with van der Waals surface area (Å²) >= 11 is 0. The summed E-state index contributed by atoms with van der Waals surface area (Å²) in [7, 11) is 5.22. The van der Waals surface area contributed by atoms with Crippen molar-refractivity contribution in [3.05, 3.63) is 83.8 Å². The molecule has 3 aromatic rings. The van der Waals surface area contributed by atoms with Gasteiger partial charge in [-0.15, -0.1) is 0 Å². The van der Waals surface area contributed by atoms with E-state index in [1.807, 2.05) is 66.4 Å². The fraction of sp³-hybridized carbons (Fsp3) is 0.387. The number of rotatable bonds is 12. The highest BCUT2D eigenvalue weighted by Crippen LogP contribution is 2.25. The maximum absolute atomic E-state index is 13.6. The lowest BCUT2D eigenvalue weighted by atomic mass is 10.00. The number of hydrogen-bond donors (Lipinski definition) is 3. The van der Waals surface area contributed by atoms with Crippen LogP contribution in [0, 0.1) is 6.92 Å². The van der Waals surface area contributed by atoms with Gasteiger partial charge in [0.2, 0.25) is 19.7 Å². The molecule has 43 heavy (non-hydrogen) atoms. The molecular formula is C31H37BN6O5. The lowest BCUT2D eigenvalue weighted by Crippen LogP contribution is -2.59. The predicted octanol–water partition coefficient (Wildman–Crippen LogP) is 2.70. The Morgan fingerprint density at radius 2 is 1.70 bits per heavy atom. The molecule has 4 amide bonds. The maximum Gasteiger partial charge on any atom is 0.250 e. The molecule has 2 aromatic carbocycles. The van der Waals surface area contributed by atoms with Gasteiger partial charge in [0.15, 0.2) is 11.6 Å². The summed E-state index contributed by atoms with van der Waals surface area (Å²) in [5.41, 5.74) is 1.39. The van der Waals surface area contributed by atoms with Crippen LogP contribution < -0.4 is 16.0 Å². The Balaban J connectivity index is 1.51. The molecule has 12 heteroatoms. The van der Waals surface area contributed by atoms with Crippen LogP contribution in [0.3, 0.4) is 0 Å². The largest absolute Gasteiger partial charge is 0.374 e. The van der Waals surface area contributed by atoms with Crippen LogP contribution in [-0.2, 0) is 25.7 Å². The lowest BCUT2D eigenvalue weighted by molar-refractivity contribution is -0.132. The van der Waals surface area contributed by atoms with E-state index >= 15 is 0 Å². The molecule has 1 aliphatic heterocycles. The molecule has 2 radical (unpaired) electrons. The van der Waals surface area contributed by atoms with Crippen molar-refractivity contribution in [3.63, 3.8) is 0 Å². The molecule has 1 unspecified atom stereocenters. The number of ether oxygens (including phenoxy) is 1. The van der Waals surface area contributed by atoms with E-state index in [1.54, 1.807) is 10.8 Å². The average Bonchev–Trinajstić information content (AvgIpc) is 3.66. The monoisotopic (exact) mass is 584 g/mol. The minimum atomic E-state index is -1.39. The summed E-state index contributed by atoms with van der Waals surface area (Å²) in [6.07, 6.45) is 5.03. The molecule has 0 bridgehead atoms. The van der Waals surface area contributed by atoms with Crippen LogP contribution in [0.2, 0.25) is 0 Å². The van der Waals surface area contributed by atoms with E-state index in [2.05, 4.69) is 20.9 Å². The van der Waals surface area contributed by atoms with Gasteiger partial charge in [0.1, 0.15) is 17.6 Å². The smallest absolute Gasteiger partial charge is 0.250 e. The Morgan fingerprint density at radius 1 is 1.02 bits per heavy atom. The topological polar surface area (TPSA) is 135 Å². The second-order valence-corrected chi connectivity index (χ2v) is 11.2. The molecule has 0 aliphatic carbocycles. The molecule has 11 nitrogen and oxygen atoms in total. The minimum Gasteiger partial charge on any atom is -0.374 e. The predicted molar refractivity (Wildman–Crippen MR) is 162 cm³/mol. The van der Waals surface area contributed by atoms with Crippen LogP contribution >= 0.6 is 0 Å². The molecule has 1 saturated heterocycles. The van der Waals surface area contributed by atoms with E-state index in [-0.39, 0.29) is 24.9 Å². The highest BCUT2D eigenvalue weighted by atomic mass is 16.5. The van der Waals surface area contributed by atoms with Gasteiger partial charge in [-0.3, -0.25) is 19.2 Å². The third kappa shape index (κ3) is 8.54. The number of nitrogens with zero attached hydrogens (tertiary/aromatic N) is 3. The molecule has 0 spiro atoms. The molecule has 0 saturated carbocycles. The van der Waals surface area contributed by atoms with Gasteiger partial charge >= 0.3 is 0 Å². The highest BCUT2D eigenvalue weighted by Gasteiger charge is 2.33.